The number of rotatable bonds is 4. The highest BCUT2D eigenvalue weighted by Crippen LogP contribution is 2.34. The number of aromatic nitrogens is 1. The molecule has 3 rings (SSSR count). The molecule has 1 saturated heterocycles. The summed E-state index contributed by atoms with van der Waals surface area (Å²) in [5.74, 6) is -0.512. The van der Waals surface area contributed by atoms with Crippen molar-refractivity contribution >= 4 is 5.91 Å². The fourth-order valence-corrected chi connectivity index (χ4v) is 3.36. The van der Waals surface area contributed by atoms with E-state index in [0.29, 0.717) is 13.1 Å². The third-order valence-corrected chi connectivity index (χ3v) is 4.60. The number of nitrogens with two attached hydrogens (primary N) is 1. The number of carbonyl (C=O) groups excluding carboxylic acids is 1. The molecule has 0 spiro atoms. The van der Waals surface area contributed by atoms with Crippen LogP contribution in [0.2, 0.25) is 0 Å². The summed E-state index contributed by atoms with van der Waals surface area (Å²) in [7, 11) is 0. The van der Waals surface area contributed by atoms with Crippen molar-refractivity contribution in [1.82, 2.24) is 9.47 Å². The van der Waals surface area contributed by atoms with Gasteiger partial charge in [-0.3, -0.25) is 9.69 Å². The predicted molar refractivity (Wildman–Crippen MR) is 88.0 cm³/mol. The Bertz CT molecular complexity index is 754. The maximum atomic E-state index is 13.3. The summed E-state index contributed by atoms with van der Waals surface area (Å²) in [4.78, 5) is 13.5. The van der Waals surface area contributed by atoms with Gasteiger partial charge in [-0.05, 0) is 43.7 Å². The van der Waals surface area contributed by atoms with E-state index in [1.165, 1.54) is 12.1 Å². The number of hydrogen-bond donors (Lipinski definition) is 1. The molecule has 2 heterocycles. The van der Waals surface area contributed by atoms with Crippen molar-refractivity contribution in [3.05, 3.63) is 53.9 Å². The molecule has 134 valence electrons. The zero-order chi connectivity index (χ0) is 18.0. The first-order valence-corrected chi connectivity index (χ1v) is 8.21. The van der Waals surface area contributed by atoms with Crippen LogP contribution in [0.15, 0.2) is 42.6 Å². The number of alkyl halides is 3. The second-order valence-electron chi connectivity index (χ2n) is 6.36. The van der Waals surface area contributed by atoms with E-state index in [2.05, 4.69) is 4.90 Å². The van der Waals surface area contributed by atoms with Gasteiger partial charge in [0, 0.05) is 25.0 Å². The summed E-state index contributed by atoms with van der Waals surface area (Å²) in [6.45, 7) is 1.82. The molecule has 1 aromatic carbocycles. The smallest absolute Gasteiger partial charge is 0.369 e. The molecule has 1 fully saturated rings. The molecule has 1 atom stereocenters. The molecule has 1 unspecified atom stereocenters. The van der Waals surface area contributed by atoms with E-state index in [0.717, 1.165) is 31.1 Å². The number of piperidine rings is 1. The molecule has 25 heavy (non-hydrogen) atoms. The fourth-order valence-electron chi connectivity index (χ4n) is 3.36. The van der Waals surface area contributed by atoms with Gasteiger partial charge in [0.15, 0.2) is 0 Å². The maximum Gasteiger partial charge on any atom is 0.418 e. The third kappa shape index (κ3) is 3.87. The largest absolute Gasteiger partial charge is 0.418 e. The third-order valence-electron chi connectivity index (χ3n) is 4.60. The van der Waals surface area contributed by atoms with Gasteiger partial charge in [-0.25, -0.2) is 0 Å². The average molecular weight is 351 g/mol. The van der Waals surface area contributed by atoms with Crippen LogP contribution >= 0.6 is 0 Å². The first kappa shape index (κ1) is 17.5. The molecule has 0 aliphatic carbocycles. The van der Waals surface area contributed by atoms with Gasteiger partial charge in [0.25, 0.3) is 0 Å². The van der Waals surface area contributed by atoms with Crippen LogP contribution in [0.1, 0.15) is 24.1 Å². The predicted octanol–water partition coefficient (Wildman–Crippen LogP) is 3.19. The van der Waals surface area contributed by atoms with Gasteiger partial charge >= 0.3 is 6.18 Å². The average Bonchev–Trinajstić information content (AvgIpc) is 3.02. The number of halogens is 3. The van der Waals surface area contributed by atoms with E-state index in [9.17, 15) is 18.0 Å². The fraction of sp³-hybridized carbons (Fsp3) is 0.389. The molecule has 0 saturated carbocycles. The quantitative estimate of drug-likeness (QED) is 0.920. The Hall–Kier alpha value is -2.28. The van der Waals surface area contributed by atoms with Crippen molar-refractivity contribution in [3.8, 4) is 5.69 Å². The molecular weight excluding hydrogens is 331 g/mol. The lowest BCUT2D eigenvalue weighted by atomic mass is 9.97. The van der Waals surface area contributed by atoms with Crippen LogP contribution in [-0.2, 0) is 17.5 Å². The summed E-state index contributed by atoms with van der Waals surface area (Å²) >= 11 is 0. The van der Waals surface area contributed by atoms with E-state index >= 15 is 0 Å². The normalized spacial score (nSPS) is 19.1. The maximum absolute atomic E-state index is 13.3. The van der Waals surface area contributed by atoms with Gasteiger partial charge in [-0.2, -0.15) is 13.2 Å². The summed E-state index contributed by atoms with van der Waals surface area (Å²) in [6, 6.07) is 9.08. The highest BCUT2D eigenvalue weighted by molar-refractivity contribution is 5.76. The molecule has 1 aromatic heterocycles. The van der Waals surface area contributed by atoms with E-state index in [-0.39, 0.29) is 17.5 Å². The number of primary amides is 1. The summed E-state index contributed by atoms with van der Waals surface area (Å²) in [5.41, 5.74) is 5.59. The molecule has 1 amide bonds. The van der Waals surface area contributed by atoms with Gasteiger partial charge in [0.1, 0.15) is 0 Å². The lowest BCUT2D eigenvalue weighted by Gasteiger charge is -2.31. The zero-order valence-corrected chi connectivity index (χ0v) is 13.7. The molecule has 1 aliphatic rings. The van der Waals surface area contributed by atoms with Gasteiger partial charge in [-0.15, -0.1) is 0 Å². The van der Waals surface area contributed by atoms with Crippen molar-refractivity contribution < 1.29 is 18.0 Å². The summed E-state index contributed by atoms with van der Waals surface area (Å²) in [6.07, 6.45) is -1.16. The van der Waals surface area contributed by atoms with Crippen molar-refractivity contribution in [2.75, 3.05) is 13.1 Å². The van der Waals surface area contributed by atoms with Gasteiger partial charge in [0.05, 0.1) is 17.2 Å². The zero-order valence-electron chi connectivity index (χ0n) is 13.7. The van der Waals surface area contributed by atoms with Crippen LogP contribution in [-0.4, -0.2) is 28.5 Å². The molecule has 0 bridgehead atoms. The Morgan fingerprint density at radius 1 is 1.20 bits per heavy atom. The molecule has 0 radical (unpaired) electrons. The van der Waals surface area contributed by atoms with Crippen LogP contribution in [0.3, 0.4) is 0 Å². The second-order valence-corrected chi connectivity index (χ2v) is 6.36. The first-order chi connectivity index (χ1) is 11.9. The number of amides is 1. The topological polar surface area (TPSA) is 51.3 Å². The SMILES string of the molecule is NC(=O)C1CCCN(Cc2cccn2-c2ccccc2C(F)(F)F)C1. The molecule has 7 heteroatoms. The van der Waals surface area contributed by atoms with E-state index in [1.54, 1.807) is 29.0 Å². The van der Waals surface area contributed by atoms with Crippen LogP contribution < -0.4 is 5.73 Å². The highest BCUT2D eigenvalue weighted by Gasteiger charge is 2.34. The Morgan fingerprint density at radius 2 is 1.96 bits per heavy atom. The van der Waals surface area contributed by atoms with Crippen molar-refractivity contribution in [3.63, 3.8) is 0 Å². The molecule has 2 N–H and O–H groups in total. The van der Waals surface area contributed by atoms with Crippen LogP contribution in [0.4, 0.5) is 13.2 Å². The second kappa shape index (κ2) is 6.92. The lowest BCUT2D eigenvalue weighted by molar-refractivity contribution is -0.137. The standard InChI is InChI=1S/C18H20F3N3O/c19-18(20,21)15-7-1-2-8-16(15)24-10-4-6-14(24)12-23-9-3-5-13(11-23)17(22)25/h1-2,4,6-8,10,13H,3,5,9,11-12H2,(H2,22,25). The molecule has 4 nitrogen and oxygen atoms in total. The van der Waals surface area contributed by atoms with Crippen LogP contribution in [0, 0.1) is 5.92 Å². The van der Waals surface area contributed by atoms with E-state index in [4.69, 9.17) is 5.73 Å². The highest BCUT2D eigenvalue weighted by atomic mass is 19.4. The van der Waals surface area contributed by atoms with E-state index < -0.39 is 11.7 Å². The first-order valence-electron chi connectivity index (χ1n) is 8.21. The Morgan fingerprint density at radius 3 is 2.68 bits per heavy atom. The van der Waals surface area contributed by atoms with Gasteiger partial charge in [0.2, 0.25) is 5.91 Å². The number of hydrogen-bond acceptors (Lipinski definition) is 2. The lowest BCUT2D eigenvalue weighted by Crippen LogP contribution is -2.40. The van der Waals surface area contributed by atoms with E-state index in [1.807, 2.05) is 0 Å². The Kier molecular flexibility index (Phi) is 4.85. The number of para-hydroxylation sites is 1. The van der Waals surface area contributed by atoms with Crippen LogP contribution in [0.5, 0.6) is 0 Å². The number of nitrogens with zero attached hydrogens (tertiary/aromatic N) is 2. The minimum atomic E-state index is -4.42. The van der Waals surface area contributed by atoms with Crippen molar-refractivity contribution in [2.45, 2.75) is 25.6 Å². The number of benzene rings is 1. The summed E-state index contributed by atoms with van der Waals surface area (Å²) < 4.78 is 41.5. The minimum absolute atomic E-state index is 0.110. The monoisotopic (exact) mass is 351 g/mol. The van der Waals surface area contributed by atoms with Gasteiger partial charge in [-0.1, -0.05) is 12.1 Å². The Balaban J connectivity index is 1.86. The molecule has 2 aromatic rings. The summed E-state index contributed by atoms with van der Waals surface area (Å²) in [5, 5.41) is 0. The van der Waals surface area contributed by atoms with Crippen molar-refractivity contribution in [1.29, 1.82) is 0 Å². The molecular formula is C18H20F3N3O. The molecule has 1 aliphatic heterocycles. The Labute approximate surface area is 144 Å². The van der Waals surface area contributed by atoms with Gasteiger partial charge < -0.3 is 10.3 Å². The number of carbonyl (C=O) groups is 1. The number of likely N-dealkylation sites (tertiary alicyclic amines) is 1. The minimum Gasteiger partial charge on any atom is -0.369 e. The van der Waals surface area contributed by atoms with Crippen molar-refractivity contribution in [2.24, 2.45) is 11.7 Å². The van der Waals surface area contributed by atoms with Crippen LogP contribution in [0.25, 0.3) is 5.69 Å².